The molecule has 1 saturated heterocycles. The molecule has 110 valence electrons. The molecule has 1 aliphatic rings. The zero-order chi connectivity index (χ0) is 14.9. The normalized spacial score (nSPS) is 20.9. The van der Waals surface area contributed by atoms with Gasteiger partial charge in [-0.15, -0.1) is 11.6 Å². The number of hydrogen-bond acceptors (Lipinski definition) is 3. The summed E-state index contributed by atoms with van der Waals surface area (Å²) >= 11 is 11.6. The van der Waals surface area contributed by atoms with Crippen LogP contribution in [0.25, 0.3) is 0 Å². The Balaban J connectivity index is 2.43. The SMILES string of the molecule is Cc1ccc(Cl)cc1N(C(=O)CCl)[C@H]1CCS(=O)(=O)C1. The zero-order valence-electron chi connectivity index (χ0n) is 11.0. The van der Waals surface area contributed by atoms with Gasteiger partial charge in [0.1, 0.15) is 5.88 Å². The van der Waals surface area contributed by atoms with E-state index in [9.17, 15) is 13.2 Å². The average Bonchev–Trinajstić information content (AvgIpc) is 2.74. The molecule has 0 radical (unpaired) electrons. The van der Waals surface area contributed by atoms with Crippen LogP contribution in [0.4, 0.5) is 5.69 Å². The maximum atomic E-state index is 12.1. The van der Waals surface area contributed by atoms with E-state index in [1.165, 1.54) is 4.90 Å². The molecule has 0 bridgehead atoms. The topological polar surface area (TPSA) is 54.5 Å². The number of halogens is 2. The number of carbonyl (C=O) groups excluding carboxylic acids is 1. The van der Waals surface area contributed by atoms with E-state index in [2.05, 4.69) is 0 Å². The number of anilines is 1. The van der Waals surface area contributed by atoms with Gasteiger partial charge in [-0.05, 0) is 31.0 Å². The van der Waals surface area contributed by atoms with Crippen LogP contribution in [0, 0.1) is 6.92 Å². The Morgan fingerprint density at radius 3 is 2.70 bits per heavy atom. The predicted octanol–water partition coefficient (Wildman–Crippen LogP) is 2.41. The molecule has 1 aromatic carbocycles. The van der Waals surface area contributed by atoms with Crippen molar-refractivity contribution in [3.8, 4) is 0 Å². The summed E-state index contributed by atoms with van der Waals surface area (Å²) in [5.74, 6) is -0.424. The predicted molar refractivity (Wildman–Crippen MR) is 81.5 cm³/mol. The lowest BCUT2D eigenvalue weighted by Crippen LogP contribution is -2.42. The molecule has 1 aromatic rings. The van der Waals surface area contributed by atoms with Crippen molar-refractivity contribution in [2.45, 2.75) is 19.4 Å². The molecule has 1 atom stereocenters. The van der Waals surface area contributed by atoms with E-state index in [0.717, 1.165) is 5.56 Å². The second-order valence-electron chi connectivity index (χ2n) is 4.89. The summed E-state index contributed by atoms with van der Waals surface area (Å²) < 4.78 is 23.3. The molecule has 0 saturated carbocycles. The fraction of sp³-hybridized carbons (Fsp3) is 0.462. The number of amides is 1. The summed E-state index contributed by atoms with van der Waals surface area (Å²) in [6.45, 7) is 1.85. The monoisotopic (exact) mass is 335 g/mol. The van der Waals surface area contributed by atoms with Crippen molar-refractivity contribution in [1.29, 1.82) is 0 Å². The molecule has 0 spiro atoms. The molecule has 20 heavy (non-hydrogen) atoms. The van der Waals surface area contributed by atoms with E-state index in [1.807, 2.05) is 6.92 Å². The highest BCUT2D eigenvalue weighted by molar-refractivity contribution is 7.91. The van der Waals surface area contributed by atoms with E-state index < -0.39 is 9.84 Å². The molecule has 7 heteroatoms. The first-order valence-corrected chi connectivity index (χ1v) is 8.92. The molecule has 1 fully saturated rings. The molecule has 1 aliphatic heterocycles. The molecule has 4 nitrogen and oxygen atoms in total. The maximum Gasteiger partial charge on any atom is 0.242 e. The van der Waals surface area contributed by atoms with Gasteiger partial charge in [0.2, 0.25) is 5.91 Å². The number of aryl methyl sites for hydroxylation is 1. The molecule has 0 aromatic heterocycles. The number of carbonyl (C=O) groups is 1. The Bertz CT molecular complexity index is 631. The van der Waals surface area contributed by atoms with Crippen molar-refractivity contribution in [1.82, 2.24) is 0 Å². The number of alkyl halides is 1. The van der Waals surface area contributed by atoms with Crippen LogP contribution >= 0.6 is 23.2 Å². The van der Waals surface area contributed by atoms with Gasteiger partial charge in [0.25, 0.3) is 0 Å². The van der Waals surface area contributed by atoms with Crippen molar-refractivity contribution >= 4 is 44.6 Å². The standard InChI is InChI=1S/C13H15Cl2NO3S/c1-9-2-3-10(15)6-12(9)16(13(17)7-14)11-4-5-20(18,19)8-11/h2-3,6,11H,4-5,7-8H2,1H3/t11-/m0/s1. The lowest BCUT2D eigenvalue weighted by Gasteiger charge is -2.29. The molecular weight excluding hydrogens is 321 g/mol. The lowest BCUT2D eigenvalue weighted by atomic mass is 10.1. The smallest absolute Gasteiger partial charge is 0.242 e. The summed E-state index contributed by atoms with van der Waals surface area (Å²) in [5.41, 5.74) is 1.49. The van der Waals surface area contributed by atoms with Gasteiger partial charge in [-0.25, -0.2) is 8.42 Å². The first kappa shape index (κ1) is 15.6. The van der Waals surface area contributed by atoms with Gasteiger partial charge in [-0.3, -0.25) is 4.79 Å². The summed E-state index contributed by atoms with van der Waals surface area (Å²) in [5, 5.41) is 0.499. The minimum atomic E-state index is -3.08. The summed E-state index contributed by atoms with van der Waals surface area (Å²) in [4.78, 5) is 13.6. The van der Waals surface area contributed by atoms with Crippen LogP contribution in [0.3, 0.4) is 0 Å². The first-order chi connectivity index (χ1) is 9.34. The number of nitrogens with zero attached hydrogens (tertiary/aromatic N) is 1. The number of benzene rings is 1. The van der Waals surface area contributed by atoms with Crippen molar-refractivity contribution < 1.29 is 13.2 Å². The first-order valence-electron chi connectivity index (χ1n) is 6.18. The summed E-state index contributed by atoms with van der Waals surface area (Å²) in [6, 6.07) is 4.83. The van der Waals surface area contributed by atoms with Gasteiger partial charge in [-0.2, -0.15) is 0 Å². The van der Waals surface area contributed by atoms with Gasteiger partial charge in [0, 0.05) is 10.7 Å². The van der Waals surface area contributed by atoms with E-state index in [-0.39, 0.29) is 29.3 Å². The van der Waals surface area contributed by atoms with Crippen LogP contribution in [-0.4, -0.2) is 37.8 Å². The molecule has 0 unspecified atom stereocenters. The lowest BCUT2D eigenvalue weighted by molar-refractivity contribution is -0.116. The molecule has 2 rings (SSSR count). The van der Waals surface area contributed by atoms with Crippen molar-refractivity contribution in [3.05, 3.63) is 28.8 Å². The highest BCUT2D eigenvalue weighted by Crippen LogP contribution is 2.30. The van der Waals surface area contributed by atoms with Gasteiger partial charge < -0.3 is 4.90 Å². The fourth-order valence-electron chi connectivity index (χ4n) is 2.42. The Hall–Kier alpha value is -0.780. The number of hydrogen-bond donors (Lipinski definition) is 0. The number of sulfone groups is 1. The van der Waals surface area contributed by atoms with Crippen LogP contribution in [0.5, 0.6) is 0 Å². The molecular formula is C13H15Cl2NO3S. The van der Waals surface area contributed by atoms with Crippen molar-refractivity contribution in [3.63, 3.8) is 0 Å². The summed E-state index contributed by atoms with van der Waals surface area (Å²) in [7, 11) is -3.08. The highest BCUT2D eigenvalue weighted by Gasteiger charge is 2.35. The Morgan fingerprint density at radius 2 is 2.15 bits per heavy atom. The van der Waals surface area contributed by atoms with E-state index in [4.69, 9.17) is 23.2 Å². The largest absolute Gasteiger partial charge is 0.307 e. The quantitative estimate of drug-likeness (QED) is 0.797. The molecule has 0 aliphatic carbocycles. The minimum Gasteiger partial charge on any atom is -0.307 e. The van der Waals surface area contributed by atoms with Crippen LogP contribution in [-0.2, 0) is 14.6 Å². The second-order valence-corrected chi connectivity index (χ2v) is 7.82. The maximum absolute atomic E-state index is 12.1. The zero-order valence-corrected chi connectivity index (χ0v) is 13.3. The molecule has 1 heterocycles. The minimum absolute atomic E-state index is 0.0262. The summed E-state index contributed by atoms with van der Waals surface area (Å²) in [6.07, 6.45) is 0.427. The van der Waals surface area contributed by atoms with Gasteiger partial charge in [-0.1, -0.05) is 17.7 Å². The van der Waals surface area contributed by atoms with Crippen LogP contribution in [0.15, 0.2) is 18.2 Å². The third kappa shape index (κ3) is 3.27. The Labute approximate surface area is 128 Å². The van der Waals surface area contributed by atoms with Gasteiger partial charge >= 0.3 is 0 Å². The van der Waals surface area contributed by atoms with Crippen molar-refractivity contribution in [2.24, 2.45) is 0 Å². The third-order valence-electron chi connectivity index (χ3n) is 3.39. The molecule has 1 amide bonds. The van der Waals surface area contributed by atoms with Crippen LogP contribution in [0.1, 0.15) is 12.0 Å². The van der Waals surface area contributed by atoms with E-state index >= 15 is 0 Å². The Kier molecular flexibility index (Phi) is 4.62. The third-order valence-corrected chi connectivity index (χ3v) is 5.60. The number of rotatable bonds is 3. The van der Waals surface area contributed by atoms with Crippen molar-refractivity contribution in [2.75, 3.05) is 22.3 Å². The highest BCUT2D eigenvalue weighted by atomic mass is 35.5. The van der Waals surface area contributed by atoms with Crippen LogP contribution < -0.4 is 4.90 Å². The van der Waals surface area contributed by atoms with Crippen LogP contribution in [0.2, 0.25) is 5.02 Å². The second kappa shape index (κ2) is 5.92. The van der Waals surface area contributed by atoms with Gasteiger partial charge in [0.05, 0.1) is 17.5 Å². The average molecular weight is 336 g/mol. The van der Waals surface area contributed by atoms with Gasteiger partial charge in [0.15, 0.2) is 9.84 Å². The van der Waals surface area contributed by atoms with E-state index in [1.54, 1.807) is 18.2 Å². The fourth-order valence-corrected chi connectivity index (χ4v) is 4.42. The Morgan fingerprint density at radius 1 is 1.45 bits per heavy atom. The molecule has 0 N–H and O–H groups in total. The van der Waals surface area contributed by atoms with E-state index in [0.29, 0.717) is 17.1 Å².